The second-order valence-electron chi connectivity index (χ2n) is 5.68. The first-order valence-electron chi connectivity index (χ1n) is 8.11. The molecule has 0 saturated carbocycles. The second kappa shape index (κ2) is 9.31. The summed E-state index contributed by atoms with van der Waals surface area (Å²) < 4.78 is 13.5. The Labute approximate surface area is 150 Å². The van der Waals surface area contributed by atoms with Crippen LogP contribution in [0, 0.1) is 5.82 Å². The molecule has 2 aromatic carbocycles. The number of hydrogen-bond acceptors (Lipinski definition) is 3. The molecule has 2 aromatic rings. The van der Waals surface area contributed by atoms with Crippen LogP contribution in [0.3, 0.4) is 0 Å². The Balaban J connectivity index is 1.77. The Kier molecular flexibility index (Phi) is 6.84. The van der Waals surface area contributed by atoms with Crippen molar-refractivity contribution in [3.8, 4) is 0 Å². The molecule has 3 amide bonds. The van der Waals surface area contributed by atoms with E-state index in [4.69, 9.17) is 0 Å². The largest absolute Gasteiger partial charge is 0.355 e. The van der Waals surface area contributed by atoms with Crippen LogP contribution in [0.5, 0.6) is 0 Å². The van der Waals surface area contributed by atoms with Gasteiger partial charge in [-0.2, -0.15) is 0 Å². The molecule has 0 unspecified atom stereocenters. The first kappa shape index (κ1) is 19.1. The van der Waals surface area contributed by atoms with E-state index in [0.29, 0.717) is 23.4 Å². The van der Waals surface area contributed by atoms with Crippen LogP contribution in [-0.4, -0.2) is 24.3 Å². The van der Waals surface area contributed by atoms with Crippen molar-refractivity contribution in [2.45, 2.75) is 19.8 Å². The van der Waals surface area contributed by atoms with Crippen molar-refractivity contribution < 1.29 is 18.8 Å². The lowest BCUT2D eigenvalue weighted by molar-refractivity contribution is -0.126. The van der Waals surface area contributed by atoms with Gasteiger partial charge in [0.15, 0.2) is 0 Å². The highest BCUT2D eigenvalue weighted by Gasteiger charge is 2.10. The molecule has 0 aliphatic heterocycles. The lowest BCUT2D eigenvalue weighted by Crippen LogP contribution is -2.29. The predicted octanol–water partition coefficient (Wildman–Crippen LogP) is 2.47. The lowest BCUT2D eigenvalue weighted by Gasteiger charge is -2.09. The van der Waals surface area contributed by atoms with Crippen molar-refractivity contribution in [3.05, 3.63) is 59.9 Å². The Morgan fingerprint density at radius 3 is 2.31 bits per heavy atom. The van der Waals surface area contributed by atoms with Gasteiger partial charge in [-0.15, -0.1) is 0 Å². The monoisotopic (exact) mass is 357 g/mol. The molecule has 7 heteroatoms. The highest BCUT2D eigenvalue weighted by molar-refractivity contribution is 6.03. The normalized spacial score (nSPS) is 10.1. The maximum absolute atomic E-state index is 13.5. The SMILES string of the molecule is CC(=O)Nc1cccc(NC(=O)CC(=O)NCCc2ccccc2F)c1. The summed E-state index contributed by atoms with van der Waals surface area (Å²) in [5.41, 5.74) is 1.53. The number of rotatable bonds is 7. The first-order chi connectivity index (χ1) is 12.4. The van der Waals surface area contributed by atoms with Gasteiger partial charge in [0.05, 0.1) is 0 Å². The van der Waals surface area contributed by atoms with Gasteiger partial charge in [0, 0.05) is 24.8 Å². The third-order valence-electron chi connectivity index (χ3n) is 3.46. The van der Waals surface area contributed by atoms with Gasteiger partial charge in [-0.05, 0) is 36.2 Å². The minimum Gasteiger partial charge on any atom is -0.355 e. The average molecular weight is 357 g/mol. The summed E-state index contributed by atoms with van der Waals surface area (Å²) in [5.74, 6) is -1.47. The molecule has 136 valence electrons. The molecule has 6 nitrogen and oxygen atoms in total. The molecule has 0 spiro atoms. The van der Waals surface area contributed by atoms with Crippen LogP contribution in [0.25, 0.3) is 0 Å². The Bertz CT molecular complexity index is 808. The summed E-state index contributed by atoms with van der Waals surface area (Å²) in [6.07, 6.45) is 0.000426. The smallest absolute Gasteiger partial charge is 0.233 e. The molecule has 0 heterocycles. The van der Waals surface area contributed by atoms with E-state index in [1.807, 2.05) is 0 Å². The number of benzene rings is 2. The van der Waals surface area contributed by atoms with Gasteiger partial charge < -0.3 is 16.0 Å². The maximum Gasteiger partial charge on any atom is 0.233 e. The summed E-state index contributed by atoms with van der Waals surface area (Å²) >= 11 is 0. The van der Waals surface area contributed by atoms with E-state index in [0.717, 1.165) is 0 Å². The van der Waals surface area contributed by atoms with Gasteiger partial charge in [0.25, 0.3) is 0 Å². The van der Waals surface area contributed by atoms with E-state index < -0.39 is 11.8 Å². The molecule has 0 atom stereocenters. The molecule has 0 fully saturated rings. The zero-order chi connectivity index (χ0) is 18.9. The van der Waals surface area contributed by atoms with Crippen LogP contribution < -0.4 is 16.0 Å². The highest BCUT2D eigenvalue weighted by atomic mass is 19.1. The third-order valence-corrected chi connectivity index (χ3v) is 3.46. The molecular formula is C19H20FN3O3. The lowest BCUT2D eigenvalue weighted by atomic mass is 10.1. The Morgan fingerprint density at radius 2 is 1.62 bits per heavy atom. The maximum atomic E-state index is 13.5. The van der Waals surface area contributed by atoms with E-state index in [9.17, 15) is 18.8 Å². The average Bonchev–Trinajstić information content (AvgIpc) is 2.56. The number of amides is 3. The van der Waals surface area contributed by atoms with E-state index in [1.165, 1.54) is 13.0 Å². The topological polar surface area (TPSA) is 87.3 Å². The molecular weight excluding hydrogens is 337 g/mol. The number of carbonyl (C=O) groups excluding carboxylic acids is 3. The quantitative estimate of drug-likeness (QED) is 0.665. The number of anilines is 2. The molecule has 0 aliphatic carbocycles. The summed E-state index contributed by atoms with van der Waals surface area (Å²) in [6, 6.07) is 12.9. The minimum absolute atomic E-state index is 0.220. The van der Waals surface area contributed by atoms with Crippen molar-refractivity contribution >= 4 is 29.1 Å². The van der Waals surface area contributed by atoms with Crippen LogP contribution in [0.2, 0.25) is 0 Å². The summed E-state index contributed by atoms with van der Waals surface area (Å²) in [7, 11) is 0. The van der Waals surface area contributed by atoms with Crippen LogP contribution in [0.4, 0.5) is 15.8 Å². The van der Waals surface area contributed by atoms with Crippen molar-refractivity contribution in [1.82, 2.24) is 5.32 Å². The number of nitrogens with one attached hydrogen (secondary N) is 3. The zero-order valence-electron chi connectivity index (χ0n) is 14.3. The highest BCUT2D eigenvalue weighted by Crippen LogP contribution is 2.15. The van der Waals surface area contributed by atoms with Gasteiger partial charge >= 0.3 is 0 Å². The zero-order valence-corrected chi connectivity index (χ0v) is 14.3. The van der Waals surface area contributed by atoms with Gasteiger partial charge in [-0.1, -0.05) is 24.3 Å². The number of hydrogen-bond donors (Lipinski definition) is 3. The van der Waals surface area contributed by atoms with Crippen LogP contribution in [0.1, 0.15) is 18.9 Å². The van der Waals surface area contributed by atoms with Gasteiger partial charge in [-0.3, -0.25) is 14.4 Å². The van der Waals surface area contributed by atoms with E-state index in [1.54, 1.807) is 42.5 Å². The Hall–Kier alpha value is -3.22. The van der Waals surface area contributed by atoms with Crippen molar-refractivity contribution in [2.24, 2.45) is 0 Å². The van der Waals surface area contributed by atoms with Gasteiger partial charge in [0.1, 0.15) is 12.2 Å². The van der Waals surface area contributed by atoms with Crippen LogP contribution >= 0.6 is 0 Å². The predicted molar refractivity (Wildman–Crippen MR) is 97.1 cm³/mol. The van der Waals surface area contributed by atoms with E-state index >= 15 is 0 Å². The minimum atomic E-state index is -0.478. The molecule has 2 rings (SSSR count). The summed E-state index contributed by atoms with van der Waals surface area (Å²) in [5, 5.41) is 7.79. The molecule has 0 saturated heterocycles. The van der Waals surface area contributed by atoms with E-state index in [-0.39, 0.29) is 24.7 Å². The van der Waals surface area contributed by atoms with Crippen molar-refractivity contribution in [2.75, 3.05) is 17.2 Å². The Morgan fingerprint density at radius 1 is 0.923 bits per heavy atom. The fourth-order valence-electron chi connectivity index (χ4n) is 2.33. The van der Waals surface area contributed by atoms with Crippen molar-refractivity contribution in [3.63, 3.8) is 0 Å². The van der Waals surface area contributed by atoms with Crippen LogP contribution in [0.15, 0.2) is 48.5 Å². The number of halogens is 1. The molecule has 0 radical (unpaired) electrons. The molecule has 26 heavy (non-hydrogen) atoms. The number of carbonyl (C=O) groups is 3. The fourth-order valence-corrected chi connectivity index (χ4v) is 2.33. The molecule has 3 N–H and O–H groups in total. The van der Waals surface area contributed by atoms with Crippen LogP contribution in [-0.2, 0) is 20.8 Å². The second-order valence-corrected chi connectivity index (χ2v) is 5.68. The van der Waals surface area contributed by atoms with Crippen molar-refractivity contribution in [1.29, 1.82) is 0 Å². The standard InChI is InChI=1S/C19H20FN3O3/c1-13(24)22-15-6-4-7-16(11-15)23-19(26)12-18(25)21-10-9-14-5-2-3-8-17(14)20/h2-8,11H,9-10,12H2,1H3,(H,21,25)(H,22,24)(H,23,26). The third kappa shape index (κ3) is 6.35. The van der Waals surface area contributed by atoms with Gasteiger partial charge in [0.2, 0.25) is 17.7 Å². The molecule has 0 aliphatic rings. The van der Waals surface area contributed by atoms with Gasteiger partial charge in [-0.25, -0.2) is 4.39 Å². The molecule has 0 bridgehead atoms. The fraction of sp³-hybridized carbons (Fsp3) is 0.211. The molecule has 0 aromatic heterocycles. The van der Waals surface area contributed by atoms with E-state index in [2.05, 4.69) is 16.0 Å². The summed E-state index contributed by atoms with van der Waals surface area (Å²) in [4.78, 5) is 34.8. The summed E-state index contributed by atoms with van der Waals surface area (Å²) in [6.45, 7) is 1.63. The first-order valence-corrected chi connectivity index (χ1v) is 8.11.